The van der Waals surface area contributed by atoms with E-state index in [1.165, 1.54) is 0 Å². The molecule has 0 radical (unpaired) electrons. The van der Waals surface area contributed by atoms with Gasteiger partial charge < -0.3 is 15.1 Å². The minimum Gasteiger partial charge on any atom is -0.394 e. The number of hydrogen-bond acceptors (Lipinski definition) is 4. The first-order valence-corrected chi connectivity index (χ1v) is 5.04. The number of pyridine rings is 1. The molecule has 0 spiro atoms. The maximum atomic E-state index is 9.29. The van der Waals surface area contributed by atoms with Crippen LogP contribution in [0.25, 0.3) is 0 Å². The monoisotopic (exact) mass is 210 g/mol. The van der Waals surface area contributed by atoms with Crippen LogP contribution in [-0.2, 0) is 0 Å². The van der Waals surface area contributed by atoms with Crippen LogP contribution in [0, 0.1) is 0 Å². The van der Waals surface area contributed by atoms with Gasteiger partial charge in [0.2, 0.25) is 0 Å². The SMILES string of the molecule is CC(O)c1ccc(N(C)C(C)CO)cn1. The zero-order valence-corrected chi connectivity index (χ0v) is 9.38. The Morgan fingerprint density at radius 2 is 2.07 bits per heavy atom. The molecule has 1 rings (SSSR count). The summed E-state index contributed by atoms with van der Waals surface area (Å²) in [6, 6.07) is 3.74. The number of hydrogen-bond donors (Lipinski definition) is 2. The Labute approximate surface area is 90.2 Å². The molecular formula is C11H18N2O2. The van der Waals surface area contributed by atoms with Gasteiger partial charge in [0.15, 0.2) is 0 Å². The maximum absolute atomic E-state index is 9.29. The fourth-order valence-corrected chi connectivity index (χ4v) is 1.23. The van der Waals surface area contributed by atoms with Crippen molar-refractivity contribution in [1.29, 1.82) is 0 Å². The molecule has 2 N–H and O–H groups in total. The van der Waals surface area contributed by atoms with Gasteiger partial charge in [-0.05, 0) is 26.0 Å². The molecule has 1 heterocycles. The van der Waals surface area contributed by atoms with Crippen molar-refractivity contribution >= 4 is 5.69 Å². The summed E-state index contributed by atoms with van der Waals surface area (Å²) in [5, 5.41) is 18.3. The van der Waals surface area contributed by atoms with Gasteiger partial charge in [-0.15, -0.1) is 0 Å². The summed E-state index contributed by atoms with van der Waals surface area (Å²) in [6.07, 6.45) is 1.16. The van der Waals surface area contributed by atoms with E-state index in [0.29, 0.717) is 5.69 Å². The van der Waals surface area contributed by atoms with Crippen LogP contribution in [0.2, 0.25) is 0 Å². The van der Waals surface area contributed by atoms with Crippen LogP contribution >= 0.6 is 0 Å². The highest BCUT2D eigenvalue weighted by molar-refractivity contribution is 5.44. The van der Waals surface area contributed by atoms with Crippen LogP contribution in [0.3, 0.4) is 0 Å². The predicted molar refractivity (Wildman–Crippen MR) is 59.8 cm³/mol. The first-order chi connectivity index (χ1) is 7.06. The fraction of sp³-hybridized carbons (Fsp3) is 0.545. The summed E-state index contributed by atoms with van der Waals surface area (Å²) >= 11 is 0. The molecule has 1 aromatic heterocycles. The molecule has 2 unspecified atom stereocenters. The van der Waals surface area contributed by atoms with Gasteiger partial charge >= 0.3 is 0 Å². The van der Waals surface area contributed by atoms with E-state index in [0.717, 1.165) is 5.69 Å². The zero-order chi connectivity index (χ0) is 11.4. The lowest BCUT2D eigenvalue weighted by Crippen LogP contribution is -2.31. The molecular weight excluding hydrogens is 192 g/mol. The molecule has 0 aliphatic heterocycles. The molecule has 2 atom stereocenters. The van der Waals surface area contributed by atoms with Crippen molar-refractivity contribution in [3.63, 3.8) is 0 Å². The lowest BCUT2D eigenvalue weighted by Gasteiger charge is -2.25. The van der Waals surface area contributed by atoms with Crippen molar-refractivity contribution in [1.82, 2.24) is 4.98 Å². The third-order valence-electron chi connectivity index (χ3n) is 2.53. The Morgan fingerprint density at radius 3 is 2.47 bits per heavy atom. The molecule has 0 saturated heterocycles. The standard InChI is InChI=1S/C11H18N2O2/c1-8(7-14)13(3)10-4-5-11(9(2)15)12-6-10/h4-6,8-9,14-15H,7H2,1-3H3. The predicted octanol–water partition coefficient (Wildman–Crippen LogP) is 0.952. The fourth-order valence-electron chi connectivity index (χ4n) is 1.23. The summed E-state index contributed by atoms with van der Waals surface area (Å²) in [5.74, 6) is 0. The lowest BCUT2D eigenvalue weighted by molar-refractivity contribution is 0.194. The maximum Gasteiger partial charge on any atom is 0.0931 e. The van der Waals surface area contributed by atoms with E-state index in [-0.39, 0.29) is 12.6 Å². The molecule has 84 valence electrons. The molecule has 1 aromatic rings. The van der Waals surface area contributed by atoms with Crippen LogP contribution in [0.4, 0.5) is 5.69 Å². The van der Waals surface area contributed by atoms with Crippen molar-refractivity contribution in [2.24, 2.45) is 0 Å². The van der Waals surface area contributed by atoms with Crippen LogP contribution in [0.1, 0.15) is 25.6 Å². The van der Waals surface area contributed by atoms with Crippen molar-refractivity contribution in [2.45, 2.75) is 26.0 Å². The number of likely N-dealkylation sites (N-methyl/N-ethyl adjacent to an activating group) is 1. The largest absolute Gasteiger partial charge is 0.394 e. The van der Waals surface area contributed by atoms with Gasteiger partial charge in [0.05, 0.1) is 30.3 Å². The Kier molecular flexibility index (Phi) is 4.05. The van der Waals surface area contributed by atoms with Crippen LogP contribution in [0.5, 0.6) is 0 Å². The van der Waals surface area contributed by atoms with Crippen LogP contribution in [-0.4, -0.2) is 34.9 Å². The van der Waals surface area contributed by atoms with E-state index >= 15 is 0 Å². The smallest absolute Gasteiger partial charge is 0.0931 e. The number of aliphatic hydroxyl groups excluding tert-OH is 2. The number of aliphatic hydroxyl groups is 2. The zero-order valence-electron chi connectivity index (χ0n) is 9.38. The van der Waals surface area contributed by atoms with Gasteiger partial charge in [0.25, 0.3) is 0 Å². The van der Waals surface area contributed by atoms with Gasteiger partial charge in [-0.25, -0.2) is 0 Å². The average Bonchev–Trinajstić information content (AvgIpc) is 2.27. The molecule has 0 bridgehead atoms. The van der Waals surface area contributed by atoms with Crippen molar-refractivity contribution < 1.29 is 10.2 Å². The Morgan fingerprint density at radius 1 is 1.40 bits per heavy atom. The average molecular weight is 210 g/mol. The molecule has 4 nitrogen and oxygen atoms in total. The van der Waals surface area contributed by atoms with E-state index in [4.69, 9.17) is 5.11 Å². The van der Waals surface area contributed by atoms with Gasteiger partial charge in [-0.3, -0.25) is 4.98 Å². The van der Waals surface area contributed by atoms with E-state index in [1.807, 2.05) is 24.9 Å². The third kappa shape index (κ3) is 2.91. The van der Waals surface area contributed by atoms with Gasteiger partial charge in [0.1, 0.15) is 0 Å². The number of nitrogens with zero attached hydrogens (tertiary/aromatic N) is 2. The summed E-state index contributed by atoms with van der Waals surface area (Å²) in [4.78, 5) is 6.09. The first kappa shape index (κ1) is 11.9. The second kappa shape index (κ2) is 5.09. The highest BCUT2D eigenvalue weighted by Crippen LogP contribution is 2.16. The minimum atomic E-state index is -0.542. The molecule has 0 fully saturated rings. The number of rotatable bonds is 4. The molecule has 0 aliphatic rings. The Balaban J connectivity index is 2.79. The first-order valence-electron chi connectivity index (χ1n) is 5.04. The van der Waals surface area contributed by atoms with E-state index < -0.39 is 6.10 Å². The third-order valence-corrected chi connectivity index (χ3v) is 2.53. The quantitative estimate of drug-likeness (QED) is 0.777. The van der Waals surface area contributed by atoms with Gasteiger partial charge in [-0.2, -0.15) is 0 Å². The Hall–Kier alpha value is -1.13. The number of aromatic nitrogens is 1. The molecule has 0 aromatic carbocycles. The summed E-state index contributed by atoms with van der Waals surface area (Å²) < 4.78 is 0. The van der Waals surface area contributed by atoms with Gasteiger partial charge in [-0.1, -0.05) is 0 Å². The normalized spacial score (nSPS) is 14.7. The van der Waals surface area contributed by atoms with Crippen LogP contribution < -0.4 is 4.90 Å². The topological polar surface area (TPSA) is 56.6 Å². The second-order valence-electron chi connectivity index (χ2n) is 3.76. The molecule has 0 aliphatic carbocycles. The minimum absolute atomic E-state index is 0.0594. The van der Waals surface area contributed by atoms with E-state index in [1.54, 1.807) is 19.2 Å². The number of anilines is 1. The highest BCUT2D eigenvalue weighted by Gasteiger charge is 2.09. The molecule has 0 amide bonds. The lowest BCUT2D eigenvalue weighted by atomic mass is 10.2. The second-order valence-corrected chi connectivity index (χ2v) is 3.76. The molecule has 4 heteroatoms. The summed E-state index contributed by atoms with van der Waals surface area (Å²) in [7, 11) is 1.90. The van der Waals surface area contributed by atoms with Crippen molar-refractivity contribution in [3.05, 3.63) is 24.0 Å². The van der Waals surface area contributed by atoms with Crippen molar-refractivity contribution in [2.75, 3.05) is 18.6 Å². The summed E-state index contributed by atoms with van der Waals surface area (Å²) in [5.41, 5.74) is 1.59. The highest BCUT2D eigenvalue weighted by atomic mass is 16.3. The van der Waals surface area contributed by atoms with Crippen molar-refractivity contribution in [3.8, 4) is 0 Å². The molecule has 0 saturated carbocycles. The van der Waals surface area contributed by atoms with E-state index in [9.17, 15) is 5.11 Å². The van der Waals surface area contributed by atoms with Gasteiger partial charge in [0, 0.05) is 13.1 Å². The van der Waals surface area contributed by atoms with E-state index in [2.05, 4.69) is 4.98 Å². The summed E-state index contributed by atoms with van der Waals surface area (Å²) in [6.45, 7) is 3.72. The molecule has 15 heavy (non-hydrogen) atoms. The van der Waals surface area contributed by atoms with Crippen LogP contribution in [0.15, 0.2) is 18.3 Å². The Bertz CT molecular complexity index is 298.